The molecule has 4 nitrogen and oxygen atoms in total. The second-order valence-electron chi connectivity index (χ2n) is 13.0. The highest BCUT2D eigenvalue weighted by molar-refractivity contribution is 6.20. The molecule has 3 aromatic heterocycles. The third kappa shape index (κ3) is 4.06. The van der Waals surface area contributed by atoms with E-state index in [0.29, 0.717) is 11.4 Å². The van der Waals surface area contributed by atoms with Crippen molar-refractivity contribution < 1.29 is 8.83 Å². The molecule has 0 bridgehead atoms. The van der Waals surface area contributed by atoms with Crippen molar-refractivity contribution in [2.45, 2.75) is 0 Å². The molecule has 232 valence electrons. The van der Waals surface area contributed by atoms with Gasteiger partial charge in [-0.05, 0) is 86.6 Å². The lowest BCUT2D eigenvalue weighted by Crippen LogP contribution is -1.94. The van der Waals surface area contributed by atoms with Gasteiger partial charge in [0.1, 0.15) is 28.0 Å². The third-order valence-corrected chi connectivity index (χ3v) is 10.0. The van der Waals surface area contributed by atoms with E-state index in [1.807, 2.05) is 24.3 Å². The van der Waals surface area contributed by atoms with Crippen LogP contribution in [0.5, 0.6) is 0 Å². The molecule has 3 heterocycles. The molecule has 0 aliphatic heterocycles. The van der Waals surface area contributed by atoms with Crippen molar-refractivity contribution in [2.24, 2.45) is 0 Å². The summed E-state index contributed by atoms with van der Waals surface area (Å²) in [6.07, 6.45) is 0. The fraction of sp³-hybridized carbons (Fsp3) is 0. The first kappa shape index (κ1) is 27.2. The van der Waals surface area contributed by atoms with Crippen molar-refractivity contribution >= 4 is 76.3 Å². The second-order valence-corrected chi connectivity index (χ2v) is 13.0. The third-order valence-electron chi connectivity index (χ3n) is 10.0. The summed E-state index contributed by atoms with van der Waals surface area (Å²) in [5.74, 6) is 0.638. The maximum atomic E-state index is 6.61. The Kier molecular flexibility index (Phi) is 5.63. The Hall–Kier alpha value is -6.78. The molecule has 0 aliphatic rings. The molecule has 0 amide bonds. The lowest BCUT2D eigenvalue weighted by atomic mass is 9.94. The van der Waals surface area contributed by atoms with Crippen molar-refractivity contribution in [1.29, 1.82) is 0 Å². The Bertz CT molecular complexity index is 3170. The standard InChI is InChI=1S/C46H26N2O2/c1-3-11-29-23-31(19-17-27(29)9-1)37-26-39-38-25-33(21-22-41(38)49-44(39)35-14-6-5-13-34(35)37)46-47-42(32-20-18-28-10-2-4-12-30(28)24-32)45-43(48-46)36-15-7-8-16-40(36)50-45/h1-26H. The number of rotatable bonds is 3. The van der Waals surface area contributed by atoms with Crippen molar-refractivity contribution in [1.82, 2.24) is 9.97 Å². The van der Waals surface area contributed by atoms with Crippen LogP contribution < -0.4 is 0 Å². The first-order valence-corrected chi connectivity index (χ1v) is 16.8. The molecular formula is C46H26N2O2. The highest BCUT2D eigenvalue weighted by Crippen LogP contribution is 2.42. The van der Waals surface area contributed by atoms with Gasteiger partial charge in [0, 0.05) is 32.7 Å². The fourth-order valence-electron chi connectivity index (χ4n) is 7.59. The maximum Gasteiger partial charge on any atom is 0.180 e. The zero-order valence-electron chi connectivity index (χ0n) is 26.7. The molecule has 11 rings (SSSR count). The van der Waals surface area contributed by atoms with E-state index in [1.165, 1.54) is 27.3 Å². The van der Waals surface area contributed by atoms with Gasteiger partial charge in [0.2, 0.25) is 0 Å². The van der Waals surface area contributed by atoms with Crippen LogP contribution in [-0.4, -0.2) is 9.97 Å². The molecule has 0 atom stereocenters. The molecule has 0 unspecified atom stereocenters. The molecule has 0 radical (unpaired) electrons. The lowest BCUT2D eigenvalue weighted by molar-refractivity contribution is 0.667. The summed E-state index contributed by atoms with van der Waals surface area (Å²) in [6, 6.07) is 55.2. The number of aromatic nitrogens is 2. The number of hydrogen-bond donors (Lipinski definition) is 0. The zero-order chi connectivity index (χ0) is 32.8. The summed E-state index contributed by atoms with van der Waals surface area (Å²) in [5, 5.41) is 10.1. The molecular weight excluding hydrogens is 613 g/mol. The van der Waals surface area contributed by atoms with Gasteiger partial charge in [-0.1, -0.05) is 109 Å². The van der Waals surface area contributed by atoms with Crippen molar-refractivity contribution in [2.75, 3.05) is 0 Å². The molecule has 0 saturated heterocycles. The predicted octanol–water partition coefficient (Wildman–Crippen LogP) is 12.7. The maximum absolute atomic E-state index is 6.61. The normalized spacial score (nSPS) is 12.0. The van der Waals surface area contributed by atoms with E-state index in [1.54, 1.807) is 0 Å². The largest absolute Gasteiger partial charge is 0.455 e. The van der Waals surface area contributed by atoms with Crippen LogP contribution in [0.3, 0.4) is 0 Å². The Morgan fingerprint density at radius 1 is 0.360 bits per heavy atom. The average molecular weight is 639 g/mol. The Balaban J connectivity index is 1.16. The molecule has 0 fully saturated rings. The fourth-order valence-corrected chi connectivity index (χ4v) is 7.59. The van der Waals surface area contributed by atoms with Gasteiger partial charge in [-0.15, -0.1) is 0 Å². The van der Waals surface area contributed by atoms with Crippen LogP contribution in [0.2, 0.25) is 0 Å². The Morgan fingerprint density at radius 3 is 1.76 bits per heavy atom. The van der Waals surface area contributed by atoms with E-state index in [4.69, 9.17) is 18.8 Å². The van der Waals surface area contributed by atoms with E-state index < -0.39 is 0 Å². The van der Waals surface area contributed by atoms with Crippen LogP contribution in [0.4, 0.5) is 0 Å². The Labute approximate surface area is 285 Å². The molecule has 50 heavy (non-hydrogen) atoms. The average Bonchev–Trinajstić information content (AvgIpc) is 3.75. The quantitative estimate of drug-likeness (QED) is 0.193. The first-order chi connectivity index (χ1) is 24.7. The number of fused-ring (bicyclic) bond motifs is 10. The van der Waals surface area contributed by atoms with Gasteiger partial charge in [0.05, 0.1) is 0 Å². The monoisotopic (exact) mass is 638 g/mol. The number of furan rings is 2. The molecule has 8 aromatic carbocycles. The van der Waals surface area contributed by atoms with E-state index in [-0.39, 0.29) is 0 Å². The minimum absolute atomic E-state index is 0.638. The number of benzene rings is 8. The highest BCUT2D eigenvalue weighted by atomic mass is 16.3. The molecule has 0 saturated carbocycles. The van der Waals surface area contributed by atoms with Gasteiger partial charge in [-0.3, -0.25) is 0 Å². The van der Waals surface area contributed by atoms with E-state index >= 15 is 0 Å². The van der Waals surface area contributed by atoms with E-state index in [9.17, 15) is 0 Å². The smallest absolute Gasteiger partial charge is 0.180 e. The van der Waals surface area contributed by atoms with Crippen molar-refractivity contribution in [3.63, 3.8) is 0 Å². The Morgan fingerprint density at radius 2 is 0.960 bits per heavy atom. The highest BCUT2D eigenvalue weighted by Gasteiger charge is 2.20. The minimum Gasteiger partial charge on any atom is -0.455 e. The summed E-state index contributed by atoms with van der Waals surface area (Å²) in [5.41, 5.74) is 9.00. The summed E-state index contributed by atoms with van der Waals surface area (Å²) < 4.78 is 13.1. The van der Waals surface area contributed by atoms with E-state index in [0.717, 1.165) is 71.4 Å². The molecule has 0 spiro atoms. The van der Waals surface area contributed by atoms with Crippen LogP contribution in [-0.2, 0) is 0 Å². The van der Waals surface area contributed by atoms with Gasteiger partial charge < -0.3 is 8.83 Å². The lowest BCUT2D eigenvalue weighted by Gasteiger charge is -2.10. The summed E-state index contributed by atoms with van der Waals surface area (Å²) in [7, 11) is 0. The molecule has 11 aromatic rings. The van der Waals surface area contributed by atoms with Gasteiger partial charge in [-0.25, -0.2) is 9.97 Å². The van der Waals surface area contributed by atoms with Crippen LogP contribution in [0.25, 0.3) is 110 Å². The van der Waals surface area contributed by atoms with Crippen molar-refractivity contribution in [3.05, 3.63) is 158 Å². The molecule has 0 aliphatic carbocycles. The first-order valence-electron chi connectivity index (χ1n) is 16.8. The minimum atomic E-state index is 0.638. The summed E-state index contributed by atoms with van der Waals surface area (Å²) in [6.45, 7) is 0. The van der Waals surface area contributed by atoms with E-state index in [2.05, 4.69) is 133 Å². The number of hydrogen-bond acceptors (Lipinski definition) is 4. The van der Waals surface area contributed by atoms with Gasteiger partial charge in [-0.2, -0.15) is 0 Å². The van der Waals surface area contributed by atoms with Gasteiger partial charge >= 0.3 is 0 Å². The SMILES string of the molecule is c1ccc2cc(-c3cc4c5cc(-c6nc(-c7ccc8ccccc8c7)c7oc8ccccc8c7n6)ccc5oc4c4ccccc34)ccc2c1. The topological polar surface area (TPSA) is 52.1 Å². The van der Waals surface area contributed by atoms with Crippen LogP contribution >= 0.6 is 0 Å². The van der Waals surface area contributed by atoms with Crippen LogP contribution in [0.1, 0.15) is 0 Å². The molecule has 4 heteroatoms. The number of para-hydroxylation sites is 1. The number of nitrogens with zero attached hydrogens (tertiary/aromatic N) is 2. The van der Waals surface area contributed by atoms with Gasteiger partial charge in [0.25, 0.3) is 0 Å². The van der Waals surface area contributed by atoms with Crippen molar-refractivity contribution in [3.8, 4) is 33.8 Å². The van der Waals surface area contributed by atoms with Crippen LogP contribution in [0.15, 0.2) is 167 Å². The zero-order valence-corrected chi connectivity index (χ0v) is 26.7. The van der Waals surface area contributed by atoms with Crippen LogP contribution in [0, 0.1) is 0 Å². The summed E-state index contributed by atoms with van der Waals surface area (Å²) in [4.78, 5) is 10.4. The predicted molar refractivity (Wildman–Crippen MR) is 205 cm³/mol. The molecule has 0 N–H and O–H groups in total. The summed E-state index contributed by atoms with van der Waals surface area (Å²) >= 11 is 0. The second kappa shape index (κ2) is 10.4. The van der Waals surface area contributed by atoms with Gasteiger partial charge in [0.15, 0.2) is 11.4 Å².